The van der Waals surface area contributed by atoms with Crippen molar-refractivity contribution in [2.45, 2.75) is 44.2 Å². The number of rotatable bonds is 4. The molecule has 0 fully saturated rings. The Kier molecular flexibility index (Phi) is 6.05. The Balaban J connectivity index is 2.73. The minimum Gasteiger partial charge on any atom is -0.350 e. The molecule has 0 aromatic heterocycles. The monoisotopic (exact) mass is 335 g/mol. The quantitative estimate of drug-likeness (QED) is 0.914. The van der Waals surface area contributed by atoms with Gasteiger partial charge < -0.3 is 5.32 Å². The Labute approximate surface area is 132 Å². The summed E-state index contributed by atoms with van der Waals surface area (Å²) in [5, 5.41) is 3.22. The lowest BCUT2D eigenvalue weighted by Gasteiger charge is -2.23. The van der Waals surface area contributed by atoms with Crippen LogP contribution in [0.15, 0.2) is 18.2 Å². The van der Waals surface area contributed by atoms with Crippen molar-refractivity contribution in [2.24, 2.45) is 0 Å². The van der Waals surface area contributed by atoms with Crippen molar-refractivity contribution in [3.05, 3.63) is 33.8 Å². The van der Waals surface area contributed by atoms with Crippen molar-refractivity contribution in [1.82, 2.24) is 5.32 Å². The fourth-order valence-corrected chi connectivity index (χ4v) is 3.17. The smallest absolute Gasteiger partial charge is 0.235 e. The van der Waals surface area contributed by atoms with Crippen molar-refractivity contribution in [2.75, 3.05) is 0 Å². The molecule has 0 saturated heterocycles. The second-order valence-electron chi connectivity index (χ2n) is 5.64. The summed E-state index contributed by atoms with van der Waals surface area (Å²) in [4.78, 5) is 12.0. The topological polar surface area (TPSA) is 46.2 Å². The summed E-state index contributed by atoms with van der Waals surface area (Å²) < 4.78 is 12.2. The molecule has 2 unspecified atom stereocenters. The van der Waals surface area contributed by atoms with Gasteiger partial charge in [0.05, 0.1) is 5.75 Å². The maximum absolute atomic E-state index is 12.2. The van der Waals surface area contributed by atoms with Crippen LogP contribution in [0.5, 0.6) is 0 Å². The van der Waals surface area contributed by atoms with Crippen LogP contribution < -0.4 is 5.32 Å². The van der Waals surface area contributed by atoms with Crippen LogP contribution in [-0.2, 0) is 21.3 Å². The number of hydrogen-bond donors (Lipinski definition) is 1. The molecule has 2 atom stereocenters. The summed E-state index contributed by atoms with van der Waals surface area (Å²) in [6, 6.07) is 5.03. The van der Waals surface area contributed by atoms with E-state index in [4.69, 9.17) is 23.2 Å². The predicted octanol–water partition coefficient (Wildman–Crippen LogP) is 3.55. The summed E-state index contributed by atoms with van der Waals surface area (Å²) in [6.07, 6.45) is 0. The van der Waals surface area contributed by atoms with E-state index >= 15 is 0 Å². The van der Waals surface area contributed by atoms with E-state index < -0.39 is 16.0 Å². The number of hydrogen-bond acceptors (Lipinski definition) is 2. The average Bonchev–Trinajstić information content (AvgIpc) is 2.29. The molecule has 0 saturated carbocycles. The third kappa shape index (κ3) is 5.43. The number of nitrogens with one attached hydrogen (secondary N) is 1. The van der Waals surface area contributed by atoms with Crippen molar-refractivity contribution >= 4 is 39.9 Å². The summed E-state index contributed by atoms with van der Waals surface area (Å²) in [5.74, 6) is 0.00951. The Morgan fingerprint density at radius 1 is 1.35 bits per heavy atom. The first-order chi connectivity index (χ1) is 9.10. The molecule has 0 aliphatic rings. The van der Waals surface area contributed by atoms with Gasteiger partial charge in [-0.1, -0.05) is 29.3 Å². The van der Waals surface area contributed by atoms with Gasteiger partial charge in [0, 0.05) is 26.4 Å². The summed E-state index contributed by atoms with van der Waals surface area (Å²) in [6.45, 7) is 7.31. The molecule has 0 heterocycles. The van der Waals surface area contributed by atoms with E-state index in [0.29, 0.717) is 10.0 Å². The van der Waals surface area contributed by atoms with Crippen LogP contribution in [0.1, 0.15) is 33.3 Å². The minimum absolute atomic E-state index is 0.221. The van der Waals surface area contributed by atoms with Crippen molar-refractivity contribution < 1.29 is 9.00 Å². The van der Waals surface area contributed by atoms with Crippen LogP contribution in [-0.4, -0.2) is 20.9 Å². The molecule has 20 heavy (non-hydrogen) atoms. The first-order valence-electron chi connectivity index (χ1n) is 6.23. The molecule has 1 aromatic carbocycles. The maximum atomic E-state index is 12.2. The molecule has 0 aliphatic heterocycles. The van der Waals surface area contributed by atoms with Crippen LogP contribution in [0.2, 0.25) is 10.0 Å². The van der Waals surface area contributed by atoms with E-state index in [1.807, 2.05) is 20.8 Å². The highest BCUT2D eigenvalue weighted by atomic mass is 35.5. The standard InChI is InChI=1S/C14H19Cl2NO2S/c1-9(13(18)17-14(2,3)4)20(19)8-10-5-6-11(15)7-12(10)16/h5-7,9H,8H2,1-4H3,(H,17,18). The Morgan fingerprint density at radius 2 is 1.95 bits per heavy atom. The van der Waals surface area contributed by atoms with Crippen LogP contribution in [0.25, 0.3) is 0 Å². The summed E-state index contributed by atoms with van der Waals surface area (Å²) >= 11 is 11.9. The number of halogens is 2. The van der Waals surface area contributed by atoms with Crippen molar-refractivity contribution in [1.29, 1.82) is 0 Å². The van der Waals surface area contributed by atoms with Crippen LogP contribution in [0.4, 0.5) is 0 Å². The molecule has 1 N–H and O–H groups in total. The minimum atomic E-state index is -1.34. The number of benzene rings is 1. The molecule has 0 aliphatic carbocycles. The summed E-state index contributed by atoms with van der Waals surface area (Å²) in [7, 11) is -1.34. The molecule has 1 aromatic rings. The van der Waals surface area contributed by atoms with Gasteiger partial charge in [-0.15, -0.1) is 0 Å². The Bertz CT molecular complexity index is 526. The Morgan fingerprint density at radius 3 is 2.45 bits per heavy atom. The highest BCUT2D eigenvalue weighted by Gasteiger charge is 2.24. The van der Waals surface area contributed by atoms with Gasteiger partial charge in [0.2, 0.25) is 5.91 Å². The predicted molar refractivity (Wildman–Crippen MR) is 85.7 cm³/mol. The average molecular weight is 336 g/mol. The fourth-order valence-electron chi connectivity index (χ4n) is 1.51. The van der Waals surface area contributed by atoms with Crippen molar-refractivity contribution in [3.8, 4) is 0 Å². The molecular formula is C14H19Cl2NO2S. The first-order valence-corrected chi connectivity index (χ1v) is 8.37. The highest BCUT2D eigenvalue weighted by Crippen LogP contribution is 2.23. The van der Waals surface area contributed by atoms with E-state index in [-0.39, 0.29) is 17.2 Å². The zero-order valence-corrected chi connectivity index (χ0v) is 14.3. The normalized spacial score (nSPS) is 14.7. The molecule has 0 radical (unpaired) electrons. The van der Waals surface area contributed by atoms with Crippen LogP contribution in [0.3, 0.4) is 0 Å². The Hall–Kier alpha value is -0.580. The second-order valence-corrected chi connectivity index (χ2v) is 8.24. The molecule has 112 valence electrons. The number of carbonyl (C=O) groups excluding carboxylic acids is 1. The van der Waals surface area contributed by atoms with E-state index in [1.165, 1.54) is 0 Å². The molecule has 1 amide bonds. The van der Waals surface area contributed by atoms with E-state index in [1.54, 1.807) is 25.1 Å². The van der Waals surface area contributed by atoms with Crippen LogP contribution >= 0.6 is 23.2 Å². The van der Waals surface area contributed by atoms with E-state index in [2.05, 4.69) is 5.32 Å². The third-order valence-corrected chi connectivity index (χ3v) is 4.76. The van der Waals surface area contributed by atoms with Gasteiger partial charge >= 0.3 is 0 Å². The van der Waals surface area contributed by atoms with E-state index in [9.17, 15) is 9.00 Å². The second kappa shape index (κ2) is 6.92. The molecule has 0 spiro atoms. The van der Waals surface area contributed by atoms with E-state index in [0.717, 1.165) is 5.56 Å². The molecule has 1 rings (SSSR count). The van der Waals surface area contributed by atoms with Gasteiger partial charge in [-0.05, 0) is 45.4 Å². The number of carbonyl (C=O) groups is 1. The van der Waals surface area contributed by atoms with Gasteiger partial charge in [-0.3, -0.25) is 9.00 Å². The van der Waals surface area contributed by atoms with Gasteiger partial charge in [0.1, 0.15) is 5.25 Å². The van der Waals surface area contributed by atoms with Gasteiger partial charge in [-0.25, -0.2) is 0 Å². The SMILES string of the molecule is CC(C(=O)NC(C)(C)C)S(=O)Cc1ccc(Cl)cc1Cl. The highest BCUT2D eigenvalue weighted by molar-refractivity contribution is 7.85. The molecule has 0 bridgehead atoms. The van der Waals surface area contributed by atoms with Crippen LogP contribution in [0, 0.1) is 0 Å². The van der Waals surface area contributed by atoms with Gasteiger partial charge in [-0.2, -0.15) is 0 Å². The molecule has 6 heteroatoms. The van der Waals surface area contributed by atoms with Gasteiger partial charge in [0.25, 0.3) is 0 Å². The lowest BCUT2D eigenvalue weighted by molar-refractivity contribution is -0.121. The molecule has 3 nitrogen and oxygen atoms in total. The summed E-state index contributed by atoms with van der Waals surface area (Å²) in [5.41, 5.74) is 0.387. The first kappa shape index (κ1) is 17.5. The largest absolute Gasteiger partial charge is 0.350 e. The fraction of sp³-hybridized carbons (Fsp3) is 0.500. The molecular weight excluding hydrogens is 317 g/mol. The zero-order valence-electron chi connectivity index (χ0n) is 12.0. The lowest BCUT2D eigenvalue weighted by atomic mass is 10.1. The van der Waals surface area contributed by atoms with Gasteiger partial charge in [0.15, 0.2) is 0 Å². The number of amides is 1. The maximum Gasteiger partial charge on any atom is 0.235 e. The van der Waals surface area contributed by atoms with Crippen molar-refractivity contribution in [3.63, 3.8) is 0 Å². The zero-order chi connectivity index (χ0) is 15.5. The lowest BCUT2D eigenvalue weighted by Crippen LogP contribution is -2.46. The third-order valence-electron chi connectivity index (χ3n) is 2.57.